The van der Waals surface area contributed by atoms with E-state index in [0.29, 0.717) is 17.9 Å². The highest BCUT2D eigenvalue weighted by atomic mass is 32.2. The molecule has 0 aromatic rings. The first-order valence-corrected chi connectivity index (χ1v) is 5.78. The van der Waals surface area contributed by atoms with E-state index in [1.165, 1.54) is 11.8 Å². The van der Waals surface area contributed by atoms with Gasteiger partial charge >= 0.3 is 11.9 Å². The summed E-state index contributed by atoms with van der Waals surface area (Å²) in [5.74, 6) is -1.07. The number of aliphatic carboxylic acids is 2. The van der Waals surface area contributed by atoms with E-state index in [1.54, 1.807) is 6.92 Å². The van der Waals surface area contributed by atoms with Crippen molar-refractivity contribution in [1.29, 1.82) is 0 Å². The van der Waals surface area contributed by atoms with Crippen molar-refractivity contribution in [2.75, 3.05) is 11.5 Å². The van der Waals surface area contributed by atoms with Crippen LogP contribution in [0.5, 0.6) is 0 Å². The van der Waals surface area contributed by atoms with Crippen LogP contribution in [0.4, 0.5) is 0 Å². The first-order chi connectivity index (χ1) is 6.42. The number of hydrogen-bond acceptors (Lipinski definition) is 4. The minimum atomic E-state index is -1.04. The molecule has 6 heteroatoms. The molecule has 0 fully saturated rings. The third kappa shape index (κ3) is 4.76. The lowest BCUT2D eigenvalue weighted by atomic mass is 10.1. The van der Waals surface area contributed by atoms with Gasteiger partial charge in [-0.05, 0) is 6.42 Å². The van der Waals surface area contributed by atoms with Crippen LogP contribution in [-0.2, 0) is 9.59 Å². The minimum absolute atomic E-state index is 0.0534. The highest BCUT2D eigenvalue weighted by molar-refractivity contribution is 8.00. The maximum Gasteiger partial charge on any atom is 0.320 e. The number of carboxylic acid groups (broad SMARTS) is 2. The Morgan fingerprint density at radius 1 is 1.43 bits per heavy atom. The highest BCUT2D eigenvalue weighted by Crippen LogP contribution is 2.25. The third-order valence-electron chi connectivity index (χ3n) is 1.78. The molecular formula is C8H14O4S2. The van der Waals surface area contributed by atoms with E-state index in [0.717, 1.165) is 0 Å². The van der Waals surface area contributed by atoms with E-state index >= 15 is 0 Å². The van der Waals surface area contributed by atoms with Crippen molar-refractivity contribution in [3.05, 3.63) is 0 Å². The van der Waals surface area contributed by atoms with Crippen molar-refractivity contribution in [2.45, 2.75) is 24.5 Å². The van der Waals surface area contributed by atoms with Crippen molar-refractivity contribution in [2.24, 2.45) is 0 Å². The number of thiol groups is 1. The van der Waals surface area contributed by atoms with Gasteiger partial charge in [0.25, 0.3) is 0 Å². The molecule has 0 saturated carbocycles. The lowest BCUT2D eigenvalue weighted by Crippen LogP contribution is -2.34. The molecule has 0 amide bonds. The summed E-state index contributed by atoms with van der Waals surface area (Å²) in [5, 5.41) is 17.2. The van der Waals surface area contributed by atoms with E-state index in [4.69, 9.17) is 10.2 Å². The van der Waals surface area contributed by atoms with E-state index in [1.807, 2.05) is 0 Å². The Morgan fingerprint density at radius 2 is 2.00 bits per heavy atom. The number of rotatable bonds is 7. The summed E-state index contributed by atoms with van der Waals surface area (Å²) < 4.78 is -1.04. The molecule has 1 unspecified atom stereocenters. The van der Waals surface area contributed by atoms with Gasteiger partial charge in [0.05, 0.1) is 6.42 Å². The van der Waals surface area contributed by atoms with E-state index in [-0.39, 0.29) is 6.42 Å². The molecule has 4 nitrogen and oxygen atoms in total. The lowest BCUT2D eigenvalue weighted by molar-refractivity contribution is -0.139. The van der Waals surface area contributed by atoms with Gasteiger partial charge in [-0.1, -0.05) is 6.92 Å². The molecule has 0 heterocycles. The van der Waals surface area contributed by atoms with Gasteiger partial charge in [0.2, 0.25) is 0 Å². The van der Waals surface area contributed by atoms with Crippen molar-refractivity contribution in [3.8, 4) is 0 Å². The SMILES string of the molecule is CCC(S)(CSCCC(=O)O)C(=O)O. The van der Waals surface area contributed by atoms with E-state index in [2.05, 4.69) is 12.6 Å². The number of carboxylic acids is 2. The minimum Gasteiger partial charge on any atom is -0.481 e. The average molecular weight is 238 g/mol. The molecule has 14 heavy (non-hydrogen) atoms. The van der Waals surface area contributed by atoms with Crippen LogP contribution in [0.3, 0.4) is 0 Å². The molecule has 82 valence electrons. The summed E-state index contributed by atoms with van der Waals surface area (Å²) in [6, 6.07) is 0. The van der Waals surface area contributed by atoms with Crippen LogP contribution in [0.25, 0.3) is 0 Å². The van der Waals surface area contributed by atoms with Gasteiger partial charge in [0.1, 0.15) is 4.75 Å². The Morgan fingerprint density at radius 3 is 2.36 bits per heavy atom. The predicted molar refractivity (Wildman–Crippen MR) is 59.2 cm³/mol. The van der Waals surface area contributed by atoms with Gasteiger partial charge in [-0.15, -0.1) is 0 Å². The van der Waals surface area contributed by atoms with Crippen LogP contribution in [0.1, 0.15) is 19.8 Å². The molecule has 0 aromatic carbocycles. The van der Waals surface area contributed by atoms with E-state index < -0.39 is 16.7 Å². The van der Waals surface area contributed by atoms with Crippen molar-refractivity contribution < 1.29 is 19.8 Å². The van der Waals surface area contributed by atoms with Gasteiger partial charge in [-0.2, -0.15) is 24.4 Å². The van der Waals surface area contributed by atoms with Gasteiger partial charge in [0, 0.05) is 11.5 Å². The summed E-state index contributed by atoms with van der Waals surface area (Å²) in [6.45, 7) is 1.75. The molecule has 1 atom stereocenters. The molecule has 0 saturated heterocycles. The third-order valence-corrected chi connectivity index (χ3v) is 3.85. The number of carbonyl (C=O) groups is 2. The molecule has 2 N–H and O–H groups in total. The average Bonchev–Trinajstić information content (AvgIpc) is 2.11. The molecule has 0 aromatic heterocycles. The molecule has 0 aliphatic heterocycles. The fourth-order valence-corrected chi connectivity index (χ4v) is 2.12. The van der Waals surface area contributed by atoms with Crippen molar-refractivity contribution >= 4 is 36.3 Å². The molecule has 0 rings (SSSR count). The summed E-state index contributed by atoms with van der Waals surface area (Å²) >= 11 is 5.37. The van der Waals surface area contributed by atoms with Crippen LogP contribution >= 0.6 is 24.4 Å². The first-order valence-electron chi connectivity index (χ1n) is 4.17. The fraction of sp³-hybridized carbons (Fsp3) is 0.750. The zero-order valence-corrected chi connectivity index (χ0v) is 9.61. The van der Waals surface area contributed by atoms with Gasteiger partial charge < -0.3 is 10.2 Å². The molecule has 0 spiro atoms. The van der Waals surface area contributed by atoms with Gasteiger partial charge in [-0.25, -0.2) is 0 Å². The second kappa shape index (κ2) is 6.19. The molecule has 0 aliphatic carbocycles. The topological polar surface area (TPSA) is 74.6 Å². The van der Waals surface area contributed by atoms with Crippen molar-refractivity contribution in [1.82, 2.24) is 0 Å². The Hall–Kier alpha value is -0.360. The molecule has 0 radical (unpaired) electrons. The predicted octanol–water partition coefficient (Wildman–Crippen LogP) is 1.36. The summed E-state index contributed by atoms with van der Waals surface area (Å²) in [5.41, 5.74) is 0. The highest BCUT2D eigenvalue weighted by Gasteiger charge is 2.32. The Kier molecular flexibility index (Phi) is 6.03. The van der Waals surface area contributed by atoms with Crippen LogP contribution in [0.15, 0.2) is 0 Å². The number of thioether (sulfide) groups is 1. The van der Waals surface area contributed by atoms with Crippen LogP contribution in [-0.4, -0.2) is 38.4 Å². The lowest BCUT2D eigenvalue weighted by Gasteiger charge is -2.20. The molecule has 0 aliphatic rings. The smallest absolute Gasteiger partial charge is 0.320 e. The molecular weight excluding hydrogens is 224 g/mol. The van der Waals surface area contributed by atoms with Crippen LogP contribution in [0.2, 0.25) is 0 Å². The molecule has 0 bridgehead atoms. The first kappa shape index (κ1) is 13.6. The zero-order valence-electron chi connectivity index (χ0n) is 7.89. The van der Waals surface area contributed by atoms with Crippen LogP contribution in [0, 0.1) is 0 Å². The normalized spacial score (nSPS) is 14.7. The monoisotopic (exact) mass is 238 g/mol. The quantitative estimate of drug-likeness (QED) is 0.461. The van der Waals surface area contributed by atoms with Gasteiger partial charge in [-0.3, -0.25) is 9.59 Å². The Labute approximate surface area is 92.5 Å². The van der Waals surface area contributed by atoms with E-state index in [9.17, 15) is 9.59 Å². The Balaban J connectivity index is 3.85. The maximum atomic E-state index is 10.8. The Bertz CT molecular complexity index is 219. The largest absolute Gasteiger partial charge is 0.481 e. The van der Waals surface area contributed by atoms with Crippen LogP contribution < -0.4 is 0 Å². The second-order valence-electron chi connectivity index (χ2n) is 2.89. The second-order valence-corrected chi connectivity index (χ2v) is 4.85. The fourth-order valence-electron chi connectivity index (χ4n) is 0.716. The maximum absolute atomic E-state index is 10.8. The zero-order chi connectivity index (χ0) is 11.2. The summed E-state index contributed by atoms with van der Waals surface area (Å²) in [6.07, 6.45) is 0.476. The van der Waals surface area contributed by atoms with Gasteiger partial charge in [0.15, 0.2) is 0 Å². The number of hydrogen-bond donors (Lipinski definition) is 3. The summed E-state index contributed by atoms with van der Waals surface area (Å²) in [7, 11) is 0. The standard InChI is InChI=1S/C8H14O4S2/c1-2-8(13,7(11)12)5-14-4-3-6(9)10/h13H,2-5H2,1H3,(H,9,10)(H,11,12). The summed E-state index contributed by atoms with van der Waals surface area (Å²) in [4.78, 5) is 21.0. The van der Waals surface area contributed by atoms with Crippen molar-refractivity contribution in [3.63, 3.8) is 0 Å².